The van der Waals surface area contributed by atoms with Crippen LogP contribution in [-0.2, 0) is 16.1 Å². The molecule has 2 aromatic heterocycles. The van der Waals surface area contributed by atoms with Gasteiger partial charge in [-0.3, -0.25) is 14.2 Å². The molecule has 1 fully saturated rings. The van der Waals surface area contributed by atoms with E-state index < -0.39 is 0 Å². The maximum Gasteiger partial charge on any atom is 0.273 e. The Kier molecular flexibility index (Phi) is 5.19. The summed E-state index contributed by atoms with van der Waals surface area (Å²) < 4.78 is 8.03. The van der Waals surface area contributed by atoms with Crippen LogP contribution in [0.3, 0.4) is 0 Å². The van der Waals surface area contributed by atoms with Crippen molar-refractivity contribution in [1.82, 2.24) is 14.5 Å². The number of halogens is 1. The summed E-state index contributed by atoms with van der Waals surface area (Å²) in [5.74, 6) is -0.293. The number of rotatable bonds is 4. The smallest absolute Gasteiger partial charge is 0.273 e. The molecule has 0 radical (unpaired) electrons. The summed E-state index contributed by atoms with van der Waals surface area (Å²) >= 11 is 4.65. The van der Waals surface area contributed by atoms with E-state index in [0.717, 1.165) is 22.7 Å². The van der Waals surface area contributed by atoms with Crippen LogP contribution in [-0.4, -0.2) is 46.7 Å². The van der Waals surface area contributed by atoms with Gasteiger partial charge < -0.3 is 15.0 Å². The lowest BCUT2D eigenvalue weighted by Crippen LogP contribution is -2.36. The molecule has 1 aliphatic rings. The largest absolute Gasteiger partial charge is 0.378 e. The molecule has 1 amide bonds. The zero-order valence-corrected chi connectivity index (χ0v) is 16.6. The van der Waals surface area contributed by atoms with E-state index in [-0.39, 0.29) is 18.0 Å². The molecule has 0 spiro atoms. The lowest BCUT2D eigenvalue weighted by atomic mass is 10.3. The molecule has 0 aliphatic carbocycles. The van der Waals surface area contributed by atoms with Crippen molar-refractivity contribution in [2.75, 3.05) is 36.5 Å². The third-order valence-electron chi connectivity index (χ3n) is 4.10. The van der Waals surface area contributed by atoms with Crippen LogP contribution >= 0.6 is 27.3 Å². The minimum Gasteiger partial charge on any atom is -0.378 e. The van der Waals surface area contributed by atoms with Gasteiger partial charge in [0.1, 0.15) is 17.6 Å². The van der Waals surface area contributed by atoms with Crippen LogP contribution in [0.2, 0.25) is 0 Å². The molecular weight excluding hydrogens is 434 g/mol. The summed E-state index contributed by atoms with van der Waals surface area (Å²) in [5, 5.41) is 3.53. The molecule has 3 heterocycles. The van der Waals surface area contributed by atoms with E-state index in [0.29, 0.717) is 29.2 Å². The van der Waals surface area contributed by atoms with E-state index in [4.69, 9.17) is 4.74 Å². The van der Waals surface area contributed by atoms with Crippen LogP contribution in [0, 0.1) is 0 Å². The van der Waals surface area contributed by atoms with Crippen molar-refractivity contribution in [3.8, 4) is 0 Å². The number of hydrogen-bond acceptors (Lipinski definition) is 7. The highest BCUT2D eigenvalue weighted by molar-refractivity contribution is 9.10. The second-order valence-electron chi connectivity index (χ2n) is 5.98. The van der Waals surface area contributed by atoms with Crippen molar-refractivity contribution in [2.24, 2.45) is 0 Å². The van der Waals surface area contributed by atoms with Crippen molar-refractivity contribution in [3.05, 3.63) is 45.4 Å². The average Bonchev–Trinajstić information content (AvgIpc) is 3.12. The topological polar surface area (TPSA) is 89.3 Å². The van der Waals surface area contributed by atoms with Crippen molar-refractivity contribution in [3.63, 3.8) is 0 Å². The van der Waals surface area contributed by atoms with E-state index in [9.17, 15) is 9.59 Å². The van der Waals surface area contributed by atoms with E-state index in [1.165, 1.54) is 22.2 Å². The van der Waals surface area contributed by atoms with Gasteiger partial charge in [-0.2, -0.15) is 4.98 Å². The molecule has 1 N–H and O–H groups in total. The predicted octanol–water partition coefficient (Wildman–Crippen LogP) is 2.09. The second kappa shape index (κ2) is 7.75. The third kappa shape index (κ3) is 4.02. The van der Waals surface area contributed by atoms with Crippen LogP contribution < -0.4 is 15.8 Å². The molecule has 3 aromatic rings. The SMILES string of the molecule is O=C(Cn1cnc2nc(N3CCOCC3)sc2c1=O)Nc1ccc(Br)cc1. The fraction of sp³-hybridized carbons (Fsp3) is 0.294. The number of hydrogen-bond donors (Lipinski definition) is 1. The number of carbonyl (C=O) groups is 1. The van der Waals surface area contributed by atoms with Gasteiger partial charge in [0.2, 0.25) is 5.91 Å². The highest BCUT2D eigenvalue weighted by Crippen LogP contribution is 2.25. The summed E-state index contributed by atoms with van der Waals surface area (Å²) in [6, 6.07) is 7.23. The highest BCUT2D eigenvalue weighted by Gasteiger charge is 2.18. The van der Waals surface area contributed by atoms with E-state index in [1.807, 2.05) is 12.1 Å². The monoisotopic (exact) mass is 449 g/mol. The van der Waals surface area contributed by atoms with Crippen molar-refractivity contribution < 1.29 is 9.53 Å². The lowest BCUT2D eigenvalue weighted by molar-refractivity contribution is -0.116. The minimum atomic E-state index is -0.293. The molecule has 1 saturated heterocycles. The molecule has 4 rings (SSSR count). The number of nitrogens with one attached hydrogen (secondary N) is 1. The van der Waals surface area contributed by atoms with Crippen molar-refractivity contribution >= 4 is 54.3 Å². The number of thiazole rings is 1. The quantitative estimate of drug-likeness (QED) is 0.655. The molecule has 8 nitrogen and oxygen atoms in total. The number of fused-ring (bicyclic) bond motifs is 1. The van der Waals surface area contributed by atoms with Gasteiger partial charge in [-0.05, 0) is 24.3 Å². The summed E-state index contributed by atoms with van der Waals surface area (Å²) in [7, 11) is 0. The zero-order valence-electron chi connectivity index (χ0n) is 14.2. The molecule has 140 valence electrons. The third-order valence-corrected chi connectivity index (χ3v) is 5.72. The first-order chi connectivity index (χ1) is 13.1. The number of anilines is 2. The number of morpholine rings is 1. The molecular formula is C17H16BrN5O3S. The van der Waals surface area contributed by atoms with Gasteiger partial charge in [-0.25, -0.2) is 4.98 Å². The van der Waals surface area contributed by atoms with Gasteiger partial charge >= 0.3 is 0 Å². The average molecular weight is 450 g/mol. The van der Waals surface area contributed by atoms with Crippen molar-refractivity contribution in [2.45, 2.75) is 6.54 Å². The van der Waals surface area contributed by atoms with Crippen LogP contribution in [0.25, 0.3) is 10.3 Å². The van der Waals surface area contributed by atoms with Gasteiger partial charge in [0.05, 0.1) is 13.2 Å². The lowest BCUT2D eigenvalue weighted by Gasteiger charge is -2.25. The zero-order chi connectivity index (χ0) is 18.8. The summed E-state index contributed by atoms with van der Waals surface area (Å²) in [5.41, 5.74) is 0.816. The van der Waals surface area contributed by atoms with Crippen LogP contribution in [0.15, 0.2) is 39.9 Å². The Morgan fingerprint density at radius 3 is 2.74 bits per heavy atom. The predicted molar refractivity (Wildman–Crippen MR) is 107 cm³/mol. The Bertz CT molecular complexity index is 1030. The molecule has 0 bridgehead atoms. The maximum absolute atomic E-state index is 12.7. The molecule has 10 heteroatoms. The number of benzene rings is 1. The van der Waals surface area contributed by atoms with Gasteiger partial charge in [0.25, 0.3) is 5.56 Å². The second-order valence-corrected chi connectivity index (χ2v) is 7.87. The first kappa shape index (κ1) is 18.1. The van der Waals surface area contributed by atoms with Gasteiger partial charge in [-0.1, -0.05) is 27.3 Å². The standard InChI is InChI=1S/C17H16BrN5O3S/c18-11-1-3-12(4-2-11)20-13(24)9-23-10-19-15-14(16(23)25)27-17(21-15)22-5-7-26-8-6-22/h1-4,10H,5-9H2,(H,20,24). The van der Waals surface area contributed by atoms with E-state index in [1.54, 1.807) is 12.1 Å². The van der Waals surface area contributed by atoms with Gasteiger partial charge in [0.15, 0.2) is 10.8 Å². The normalized spacial score (nSPS) is 14.5. The summed E-state index contributed by atoms with van der Waals surface area (Å²) in [4.78, 5) is 35.8. The summed E-state index contributed by atoms with van der Waals surface area (Å²) in [6.07, 6.45) is 1.37. The number of amides is 1. The Labute approximate surface area is 166 Å². The fourth-order valence-corrected chi connectivity index (χ4v) is 4.01. The number of aromatic nitrogens is 3. The molecule has 0 saturated carbocycles. The maximum atomic E-state index is 12.7. The van der Waals surface area contributed by atoms with Crippen LogP contribution in [0.1, 0.15) is 0 Å². The highest BCUT2D eigenvalue weighted by atomic mass is 79.9. The van der Waals surface area contributed by atoms with Crippen molar-refractivity contribution in [1.29, 1.82) is 0 Å². The molecule has 1 aromatic carbocycles. The van der Waals surface area contributed by atoms with E-state index in [2.05, 4.69) is 36.1 Å². The number of ether oxygens (including phenoxy) is 1. The number of carbonyl (C=O) groups excluding carboxylic acids is 1. The Morgan fingerprint density at radius 2 is 2.00 bits per heavy atom. The number of nitrogens with zero attached hydrogens (tertiary/aromatic N) is 4. The first-order valence-electron chi connectivity index (χ1n) is 8.34. The molecule has 27 heavy (non-hydrogen) atoms. The van der Waals surface area contributed by atoms with Crippen LogP contribution in [0.5, 0.6) is 0 Å². The Morgan fingerprint density at radius 1 is 1.26 bits per heavy atom. The fourth-order valence-electron chi connectivity index (χ4n) is 2.73. The minimum absolute atomic E-state index is 0.109. The Hall–Kier alpha value is -2.30. The van der Waals surface area contributed by atoms with Gasteiger partial charge in [-0.15, -0.1) is 0 Å². The van der Waals surface area contributed by atoms with Gasteiger partial charge in [0, 0.05) is 23.2 Å². The molecule has 0 atom stereocenters. The Balaban J connectivity index is 1.53. The van der Waals surface area contributed by atoms with E-state index >= 15 is 0 Å². The first-order valence-corrected chi connectivity index (χ1v) is 9.95. The summed E-state index contributed by atoms with van der Waals surface area (Å²) in [6.45, 7) is 2.66. The molecule has 1 aliphatic heterocycles. The van der Waals surface area contributed by atoms with Crippen LogP contribution in [0.4, 0.5) is 10.8 Å². The molecule has 0 unspecified atom stereocenters.